The minimum atomic E-state index is -0.382. The Labute approximate surface area is 115 Å². The van der Waals surface area contributed by atoms with Crippen molar-refractivity contribution in [1.29, 1.82) is 0 Å². The molecule has 1 atom stereocenters. The van der Waals surface area contributed by atoms with Gasteiger partial charge in [0.2, 0.25) is 0 Å². The van der Waals surface area contributed by atoms with E-state index in [4.69, 9.17) is 11.6 Å². The zero-order valence-corrected chi connectivity index (χ0v) is 12.0. The van der Waals surface area contributed by atoms with Crippen LogP contribution in [0.25, 0.3) is 0 Å². The molecule has 96 valence electrons. The highest BCUT2D eigenvalue weighted by Crippen LogP contribution is 2.37. The van der Waals surface area contributed by atoms with Crippen LogP contribution in [0.4, 0.5) is 0 Å². The molecule has 0 aromatic heterocycles. The van der Waals surface area contributed by atoms with Crippen molar-refractivity contribution in [2.24, 2.45) is 0 Å². The van der Waals surface area contributed by atoms with Gasteiger partial charge in [-0.05, 0) is 26.0 Å². The Balaban J connectivity index is 2.37. The maximum atomic E-state index is 11.7. The quantitative estimate of drug-likeness (QED) is 0.527. The third-order valence-corrected chi connectivity index (χ3v) is 4.99. The third kappa shape index (κ3) is 2.40. The van der Waals surface area contributed by atoms with Gasteiger partial charge in [0.1, 0.15) is 0 Å². The van der Waals surface area contributed by atoms with Crippen molar-refractivity contribution < 1.29 is 9.59 Å². The molecule has 1 aromatic rings. The fourth-order valence-electron chi connectivity index (χ4n) is 1.62. The van der Waals surface area contributed by atoms with Crippen molar-refractivity contribution in [3.63, 3.8) is 0 Å². The average Bonchev–Trinajstić information content (AvgIpc) is 2.54. The summed E-state index contributed by atoms with van der Waals surface area (Å²) in [6.45, 7) is 5.87. The van der Waals surface area contributed by atoms with Crippen LogP contribution in [0.3, 0.4) is 0 Å². The first-order chi connectivity index (χ1) is 8.30. The summed E-state index contributed by atoms with van der Waals surface area (Å²) in [5.74, 6) is -0.645. The maximum Gasteiger partial charge on any atom is 0.260 e. The number of fused-ring (bicyclic) bond motifs is 1. The molecule has 1 aliphatic heterocycles. The molecule has 5 heteroatoms. The number of hydrogen-bond acceptors (Lipinski definition) is 3. The summed E-state index contributed by atoms with van der Waals surface area (Å²) < 4.78 is 0. The molecule has 0 spiro atoms. The van der Waals surface area contributed by atoms with Gasteiger partial charge in [-0.1, -0.05) is 13.0 Å². The second-order valence-electron chi connectivity index (χ2n) is 4.79. The first-order valence-corrected chi connectivity index (χ1v) is 6.90. The van der Waals surface area contributed by atoms with Crippen LogP contribution in [0.5, 0.6) is 0 Å². The number of alkyl halides is 1. The first-order valence-electron chi connectivity index (χ1n) is 5.65. The Hall–Kier alpha value is -1.000. The molecule has 1 aliphatic rings. The average molecular weight is 284 g/mol. The van der Waals surface area contributed by atoms with Crippen LogP contribution in [0.15, 0.2) is 23.1 Å². The van der Waals surface area contributed by atoms with Gasteiger partial charge < -0.3 is 0 Å². The van der Waals surface area contributed by atoms with Gasteiger partial charge in [0, 0.05) is 10.1 Å². The predicted octanol–water partition coefficient (Wildman–Crippen LogP) is 3.07. The van der Waals surface area contributed by atoms with Gasteiger partial charge in [0.25, 0.3) is 11.8 Å². The fraction of sp³-hybridized carbons (Fsp3) is 0.385. The van der Waals surface area contributed by atoms with Gasteiger partial charge in [0.05, 0.1) is 16.0 Å². The van der Waals surface area contributed by atoms with Crippen molar-refractivity contribution in [2.45, 2.75) is 35.8 Å². The number of benzene rings is 1. The highest BCUT2D eigenvalue weighted by Gasteiger charge is 2.31. The molecule has 3 nitrogen and oxygen atoms in total. The largest absolute Gasteiger partial charge is 0.288 e. The molecular formula is C13H14ClNO2S. The Bertz CT molecular complexity index is 522. The van der Waals surface area contributed by atoms with Crippen LogP contribution in [-0.4, -0.2) is 21.9 Å². The second kappa shape index (κ2) is 4.59. The molecule has 0 fully saturated rings. The molecule has 0 saturated carbocycles. The molecule has 0 saturated heterocycles. The summed E-state index contributed by atoms with van der Waals surface area (Å²) in [7, 11) is 0. The monoisotopic (exact) mass is 283 g/mol. The van der Waals surface area contributed by atoms with Gasteiger partial charge in [-0.3, -0.25) is 14.9 Å². The van der Waals surface area contributed by atoms with E-state index in [2.05, 4.69) is 5.32 Å². The van der Waals surface area contributed by atoms with Gasteiger partial charge in [-0.15, -0.1) is 23.4 Å². The second-order valence-corrected chi connectivity index (χ2v) is 7.14. The molecule has 1 unspecified atom stereocenters. The molecule has 0 aliphatic carbocycles. The molecule has 2 rings (SSSR count). The smallest absolute Gasteiger partial charge is 0.260 e. The maximum absolute atomic E-state index is 11.7. The van der Waals surface area contributed by atoms with Crippen molar-refractivity contribution in [1.82, 2.24) is 5.32 Å². The van der Waals surface area contributed by atoms with E-state index in [1.165, 1.54) is 11.8 Å². The number of imide groups is 1. The van der Waals surface area contributed by atoms with Gasteiger partial charge >= 0.3 is 0 Å². The van der Waals surface area contributed by atoms with Gasteiger partial charge in [0.15, 0.2) is 0 Å². The van der Waals surface area contributed by atoms with Crippen LogP contribution in [-0.2, 0) is 0 Å². The van der Waals surface area contributed by atoms with Gasteiger partial charge in [-0.2, -0.15) is 0 Å². The van der Waals surface area contributed by atoms with E-state index in [0.717, 1.165) is 4.90 Å². The third-order valence-electron chi connectivity index (χ3n) is 3.00. The number of thioether (sulfide) groups is 1. The lowest BCUT2D eigenvalue weighted by molar-refractivity contribution is 0.0879. The highest BCUT2D eigenvalue weighted by atomic mass is 35.5. The fourth-order valence-corrected chi connectivity index (χ4v) is 2.89. The summed E-state index contributed by atoms with van der Waals surface area (Å²) in [5.41, 5.74) is 0.921. The Morgan fingerprint density at radius 2 is 1.94 bits per heavy atom. The Morgan fingerprint density at radius 3 is 2.56 bits per heavy atom. The SMILES string of the molecule is CC(Sc1cccc2c1C(=O)NC2=O)C(C)(C)Cl. The highest BCUT2D eigenvalue weighted by molar-refractivity contribution is 8.00. The van der Waals surface area contributed by atoms with E-state index < -0.39 is 0 Å². The molecule has 0 bridgehead atoms. The molecule has 2 amide bonds. The van der Waals surface area contributed by atoms with E-state index in [1.54, 1.807) is 12.1 Å². The lowest BCUT2D eigenvalue weighted by Gasteiger charge is -2.24. The first kappa shape index (κ1) is 13.4. The van der Waals surface area contributed by atoms with Crippen molar-refractivity contribution >= 4 is 35.2 Å². The summed E-state index contributed by atoms with van der Waals surface area (Å²) in [6.07, 6.45) is 0. The van der Waals surface area contributed by atoms with Crippen LogP contribution in [0.2, 0.25) is 0 Å². The number of nitrogens with one attached hydrogen (secondary N) is 1. The minimum absolute atomic E-state index is 0.120. The van der Waals surface area contributed by atoms with Crippen molar-refractivity contribution in [3.05, 3.63) is 29.3 Å². The number of rotatable bonds is 3. The summed E-state index contributed by atoms with van der Waals surface area (Å²) in [6, 6.07) is 5.30. The van der Waals surface area contributed by atoms with Crippen LogP contribution >= 0.6 is 23.4 Å². The minimum Gasteiger partial charge on any atom is -0.288 e. The normalized spacial score (nSPS) is 16.4. The van der Waals surface area contributed by atoms with Crippen LogP contribution in [0.1, 0.15) is 41.5 Å². The zero-order valence-electron chi connectivity index (χ0n) is 10.4. The Kier molecular flexibility index (Phi) is 3.43. The van der Waals surface area contributed by atoms with E-state index >= 15 is 0 Å². The molecule has 1 N–H and O–H groups in total. The lowest BCUT2D eigenvalue weighted by atomic mass is 10.1. The molecule has 0 radical (unpaired) electrons. The zero-order chi connectivity index (χ0) is 13.5. The van der Waals surface area contributed by atoms with E-state index in [-0.39, 0.29) is 21.9 Å². The molecule has 18 heavy (non-hydrogen) atoms. The van der Waals surface area contributed by atoms with E-state index in [9.17, 15) is 9.59 Å². The topological polar surface area (TPSA) is 46.2 Å². The molecule has 1 heterocycles. The number of carbonyl (C=O) groups is 2. The lowest BCUT2D eigenvalue weighted by Crippen LogP contribution is -2.24. The van der Waals surface area contributed by atoms with E-state index in [1.807, 2.05) is 26.8 Å². The summed E-state index contributed by atoms with van der Waals surface area (Å²) in [5, 5.41) is 2.43. The number of hydrogen-bond donors (Lipinski definition) is 1. The van der Waals surface area contributed by atoms with Gasteiger partial charge in [-0.25, -0.2) is 0 Å². The van der Waals surface area contributed by atoms with Crippen molar-refractivity contribution in [3.8, 4) is 0 Å². The number of amides is 2. The molecular weight excluding hydrogens is 270 g/mol. The van der Waals surface area contributed by atoms with Crippen LogP contribution < -0.4 is 5.32 Å². The summed E-state index contributed by atoms with van der Waals surface area (Å²) in [4.78, 5) is 23.7. The van der Waals surface area contributed by atoms with Crippen LogP contribution in [0, 0.1) is 0 Å². The molecule has 1 aromatic carbocycles. The summed E-state index contributed by atoms with van der Waals surface area (Å²) >= 11 is 7.78. The number of halogens is 1. The standard InChI is InChI=1S/C13H14ClNO2S/c1-7(13(2,3)14)18-9-6-4-5-8-10(9)12(17)15-11(8)16/h4-7H,1-3H3,(H,15,16,17). The van der Waals surface area contributed by atoms with E-state index in [0.29, 0.717) is 11.1 Å². The van der Waals surface area contributed by atoms with Crippen molar-refractivity contribution in [2.75, 3.05) is 0 Å². The number of carbonyl (C=O) groups excluding carboxylic acids is 2. The Morgan fingerprint density at radius 1 is 1.28 bits per heavy atom. The predicted molar refractivity (Wildman–Crippen MR) is 73.5 cm³/mol.